The molecule has 2 N–H and O–H groups in total. The fraction of sp³-hybridized carbons (Fsp3) is 0.125. The average Bonchev–Trinajstić information content (AvgIpc) is 2.03. The molecule has 1 radical (unpaired) electrons. The molecule has 0 fully saturated rings. The lowest BCUT2D eigenvalue weighted by Gasteiger charge is -1.99. The van der Waals surface area contributed by atoms with Gasteiger partial charge >= 0.3 is 0 Å². The Balaban J connectivity index is 3.27. The summed E-state index contributed by atoms with van der Waals surface area (Å²) in [6.45, 7) is 0.0347. The molecule has 2 nitrogen and oxygen atoms in total. The molecule has 1 aromatic rings. The van der Waals surface area contributed by atoms with Crippen molar-refractivity contribution in [1.29, 1.82) is 0 Å². The van der Waals surface area contributed by atoms with Crippen LogP contribution in [0.3, 0.4) is 0 Å². The Labute approximate surface area is 68.0 Å². The summed E-state index contributed by atoms with van der Waals surface area (Å²) >= 11 is 0. The van der Waals surface area contributed by atoms with Gasteiger partial charge in [-0.25, -0.2) is 8.78 Å². The van der Waals surface area contributed by atoms with Gasteiger partial charge in [0.2, 0.25) is 6.29 Å². The number of carbonyl (C=O) groups excluding carboxylic acids is 1. The van der Waals surface area contributed by atoms with Crippen LogP contribution in [0.5, 0.6) is 0 Å². The van der Waals surface area contributed by atoms with E-state index in [1.165, 1.54) is 6.29 Å². The minimum Gasteiger partial charge on any atom is -0.326 e. The minimum atomic E-state index is -0.926. The molecule has 0 heterocycles. The van der Waals surface area contributed by atoms with E-state index in [1.54, 1.807) is 0 Å². The Morgan fingerprint density at radius 1 is 1.33 bits per heavy atom. The second-order valence-corrected chi connectivity index (χ2v) is 2.24. The molecule has 0 aliphatic carbocycles. The standard InChI is InChI=1S/C8H6F2NO/c9-7-1-5(3-11)2-8(10)6(7)4-12/h1-2H,3,11H2. The molecule has 0 aliphatic rings. The van der Waals surface area contributed by atoms with Gasteiger partial charge in [-0.3, -0.25) is 4.79 Å². The van der Waals surface area contributed by atoms with Crippen molar-refractivity contribution in [2.75, 3.05) is 0 Å². The maximum atomic E-state index is 12.7. The summed E-state index contributed by atoms with van der Waals surface area (Å²) in [5.74, 6) is -1.85. The summed E-state index contributed by atoms with van der Waals surface area (Å²) in [5, 5.41) is 0. The van der Waals surface area contributed by atoms with E-state index in [2.05, 4.69) is 0 Å². The maximum absolute atomic E-state index is 12.7. The first-order chi connectivity index (χ1) is 5.69. The maximum Gasteiger partial charge on any atom is 0.239 e. The molecule has 0 amide bonds. The molecule has 0 aromatic heterocycles. The van der Waals surface area contributed by atoms with Crippen molar-refractivity contribution >= 4 is 6.29 Å². The van der Waals surface area contributed by atoms with Gasteiger partial charge in [0, 0.05) is 6.54 Å². The van der Waals surface area contributed by atoms with Gasteiger partial charge in [0.25, 0.3) is 0 Å². The molecule has 0 bridgehead atoms. The van der Waals surface area contributed by atoms with Crippen molar-refractivity contribution in [2.24, 2.45) is 5.73 Å². The molecule has 1 rings (SSSR count). The minimum absolute atomic E-state index is 0.0347. The van der Waals surface area contributed by atoms with Gasteiger partial charge < -0.3 is 5.73 Å². The van der Waals surface area contributed by atoms with Gasteiger partial charge in [-0.15, -0.1) is 0 Å². The lowest BCUT2D eigenvalue weighted by atomic mass is 10.1. The van der Waals surface area contributed by atoms with Gasteiger partial charge in [0.1, 0.15) is 11.6 Å². The first-order valence-electron chi connectivity index (χ1n) is 3.25. The van der Waals surface area contributed by atoms with Crippen LogP contribution in [-0.4, -0.2) is 6.29 Å². The molecule has 0 aliphatic heterocycles. The SMILES string of the molecule is NCc1cc(F)c([C]=O)c(F)c1. The Hall–Kier alpha value is -1.29. The van der Waals surface area contributed by atoms with E-state index in [-0.39, 0.29) is 6.54 Å². The molecule has 0 saturated carbocycles. The van der Waals surface area contributed by atoms with E-state index in [0.29, 0.717) is 5.56 Å². The Kier molecular flexibility index (Phi) is 2.50. The van der Waals surface area contributed by atoms with Gasteiger partial charge in [0.05, 0.1) is 5.56 Å². The van der Waals surface area contributed by atoms with Crippen LogP contribution in [0, 0.1) is 11.6 Å². The van der Waals surface area contributed by atoms with Gasteiger partial charge in [-0.05, 0) is 17.7 Å². The van der Waals surface area contributed by atoms with Crippen LogP contribution < -0.4 is 5.73 Å². The lowest BCUT2D eigenvalue weighted by Crippen LogP contribution is -2.01. The normalized spacial score (nSPS) is 9.92. The molecule has 0 unspecified atom stereocenters. The van der Waals surface area contributed by atoms with E-state index >= 15 is 0 Å². The molecular weight excluding hydrogens is 164 g/mol. The third kappa shape index (κ3) is 1.48. The summed E-state index contributed by atoms with van der Waals surface area (Å²) in [4.78, 5) is 10.0. The molecule has 1 aromatic carbocycles. The largest absolute Gasteiger partial charge is 0.326 e. The van der Waals surface area contributed by atoms with Crippen LogP contribution in [0.2, 0.25) is 0 Å². The highest BCUT2D eigenvalue weighted by Crippen LogP contribution is 2.12. The van der Waals surface area contributed by atoms with Gasteiger partial charge in [-0.2, -0.15) is 0 Å². The topological polar surface area (TPSA) is 43.1 Å². The molecule has 0 spiro atoms. The predicted octanol–water partition coefficient (Wildman–Crippen LogP) is 0.881. The Morgan fingerprint density at radius 2 is 1.83 bits per heavy atom. The van der Waals surface area contributed by atoms with Crippen molar-refractivity contribution in [3.63, 3.8) is 0 Å². The zero-order valence-corrected chi connectivity index (χ0v) is 6.10. The molecule has 63 valence electrons. The van der Waals surface area contributed by atoms with Crippen molar-refractivity contribution in [3.8, 4) is 0 Å². The fourth-order valence-corrected chi connectivity index (χ4v) is 0.841. The third-order valence-electron chi connectivity index (χ3n) is 1.44. The van der Waals surface area contributed by atoms with Crippen molar-refractivity contribution in [3.05, 3.63) is 34.9 Å². The van der Waals surface area contributed by atoms with Crippen molar-refractivity contribution < 1.29 is 13.6 Å². The number of hydrogen-bond donors (Lipinski definition) is 1. The van der Waals surface area contributed by atoms with Crippen LogP contribution in [0.15, 0.2) is 12.1 Å². The van der Waals surface area contributed by atoms with E-state index in [0.717, 1.165) is 12.1 Å². The monoisotopic (exact) mass is 170 g/mol. The first-order valence-corrected chi connectivity index (χ1v) is 3.25. The highest BCUT2D eigenvalue weighted by atomic mass is 19.1. The van der Waals surface area contributed by atoms with Crippen LogP contribution in [-0.2, 0) is 11.3 Å². The van der Waals surface area contributed by atoms with Crippen molar-refractivity contribution in [1.82, 2.24) is 0 Å². The second kappa shape index (κ2) is 3.40. The third-order valence-corrected chi connectivity index (χ3v) is 1.44. The summed E-state index contributed by atoms with van der Waals surface area (Å²) in [6.07, 6.45) is 1.17. The summed E-state index contributed by atoms with van der Waals surface area (Å²) < 4.78 is 25.5. The van der Waals surface area contributed by atoms with E-state index < -0.39 is 17.2 Å². The first kappa shape index (κ1) is 8.80. The van der Waals surface area contributed by atoms with E-state index in [1.807, 2.05) is 0 Å². The summed E-state index contributed by atoms with van der Waals surface area (Å²) in [5.41, 5.74) is 4.78. The summed E-state index contributed by atoms with van der Waals surface area (Å²) in [7, 11) is 0. The highest BCUT2D eigenvalue weighted by molar-refractivity contribution is 5.76. The number of benzene rings is 1. The van der Waals surface area contributed by atoms with Crippen LogP contribution >= 0.6 is 0 Å². The number of halogens is 2. The predicted molar refractivity (Wildman–Crippen MR) is 39.0 cm³/mol. The van der Waals surface area contributed by atoms with Gasteiger partial charge in [-0.1, -0.05) is 0 Å². The Morgan fingerprint density at radius 3 is 2.17 bits per heavy atom. The molecule has 0 atom stereocenters. The number of hydrogen-bond acceptors (Lipinski definition) is 2. The highest BCUT2D eigenvalue weighted by Gasteiger charge is 2.09. The molecule has 4 heteroatoms. The zero-order valence-electron chi connectivity index (χ0n) is 6.10. The van der Waals surface area contributed by atoms with Crippen molar-refractivity contribution in [2.45, 2.75) is 6.54 Å². The zero-order chi connectivity index (χ0) is 9.14. The average molecular weight is 170 g/mol. The smallest absolute Gasteiger partial charge is 0.239 e. The Bertz CT molecular complexity index is 289. The quantitative estimate of drug-likeness (QED) is 0.715. The second-order valence-electron chi connectivity index (χ2n) is 2.24. The molecule has 12 heavy (non-hydrogen) atoms. The number of nitrogens with two attached hydrogens (primary N) is 1. The van der Waals surface area contributed by atoms with Crippen LogP contribution in [0.25, 0.3) is 0 Å². The van der Waals surface area contributed by atoms with Gasteiger partial charge in [0.15, 0.2) is 0 Å². The fourth-order valence-electron chi connectivity index (χ4n) is 0.841. The van der Waals surface area contributed by atoms with Crippen LogP contribution in [0.4, 0.5) is 8.78 Å². The van der Waals surface area contributed by atoms with E-state index in [9.17, 15) is 13.6 Å². The molecular formula is C8H6F2NO. The lowest BCUT2D eigenvalue weighted by molar-refractivity contribution is 0.541. The van der Waals surface area contributed by atoms with Crippen LogP contribution in [0.1, 0.15) is 11.1 Å². The summed E-state index contributed by atoms with van der Waals surface area (Å²) in [6, 6.07) is 2.03. The van der Waals surface area contributed by atoms with E-state index in [4.69, 9.17) is 5.73 Å². The number of rotatable bonds is 2. The molecule has 0 saturated heterocycles.